The summed E-state index contributed by atoms with van der Waals surface area (Å²) in [4.78, 5) is 0. The lowest BCUT2D eigenvalue weighted by molar-refractivity contribution is 0.101. The van der Waals surface area contributed by atoms with Crippen LogP contribution in [0.3, 0.4) is 0 Å². The number of rotatable bonds is 17. The summed E-state index contributed by atoms with van der Waals surface area (Å²) in [5, 5.41) is 6.89. The van der Waals surface area contributed by atoms with E-state index in [0.29, 0.717) is 0 Å². The van der Waals surface area contributed by atoms with Gasteiger partial charge in [0.25, 0.3) is 0 Å². The van der Waals surface area contributed by atoms with Gasteiger partial charge in [0.2, 0.25) is 0 Å². The highest BCUT2D eigenvalue weighted by Gasteiger charge is 1.95. The Hall–Kier alpha value is -1.72. The van der Waals surface area contributed by atoms with Crippen molar-refractivity contribution in [1.29, 1.82) is 0 Å². The van der Waals surface area contributed by atoms with Crippen LogP contribution in [-0.2, 0) is 22.6 Å². The monoisotopic (exact) mass is 384 g/mol. The van der Waals surface area contributed by atoms with E-state index in [1.165, 1.54) is 11.1 Å². The first kappa shape index (κ1) is 22.6. The van der Waals surface area contributed by atoms with Crippen molar-refractivity contribution in [3.8, 4) is 0 Å². The minimum atomic E-state index is 0.829. The fourth-order valence-corrected chi connectivity index (χ4v) is 2.87. The Morgan fingerprint density at radius 3 is 1.32 bits per heavy atom. The predicted octanol–water partition coefficient (Wildman–Crippen LogP) is 4.16. The SMILES string of the molecule is c1ccc(CNCCCOCCCCOCCCNCc2ccccc2)cc1. The van der Waals surface area contributed by atoms with Crippen molar-refractivity contribution in [1.82, 2.24) is 10.6 Å². The average molecular weight is 385 g/mol. The summed E-state index contributed by atoms with van der Waals surface area (Å²) < 4.78 is 11.4. The van der Waals surface area contributed by atoms with E-state index in [1.807, 2.05) is 12.1 Å². The molecule has 0 heterocycles. The van der Waals surface area contributed by atoms with Crippen LogP contribution in [0.15, 0.2) is 60.7 Å². The van der Waals surface area contributed by atoms with Crippen molar-refractivity contribution < 1.29 is 9.47 Å². The molecule has 0 amide bonds. The molecule has 0 aliphatic carbocycles. The van der Waals surface area contributed by atoms with Crippen LogP contribution in [0.2, 0.25) is 0 Å². The van der Waals surface area contributed by atoms with E-state index in [-0.39, 0.29) is 0 Å². The third-order valence-electron chi connectivity index (χ3n) is 4.46. The largest absolute Gasteiger partial charge is 0.381 e. The zero-order chi connectivity index (χ0) is 19.5. The summed E-state index contributed by atoms with van der Waals surface area (Å²) >= 11 is 0. The summed E-state index contributed by atoms with van der Waals surface area (Å²) in [6.45, 7) is 7.18. The first-order valence-corrected chi connectivity index (χ1v) is 10.6. The molecule has 2 aromatic rings. The number of benzene rings is 2. The summed E-state index contributed by atoms with van der Waals surface area (Å²) in [6.07, 6.45) is 4.26. The zero-order valence-corrected chi connectivity index (χ0v) is 17.1. The fourth-order valence-electron chi connectivity index (χ4n) is 2.87. The van der Waals surface area contributed by atoms with Crippen LogP contribution in [-0.4, -0.2) is 39.5 Å². The van der Waals surface area contributed by atoms with Crippen LogP contribution < -0.4 is 10.6 Å². The second-order valence-electron chi connectivity index (χ2n) is 6.96. The van der Waals surface area contributed by atoms with E-state index in [0.717, 1.165) is 78.3 Å². The molecule has 0 fully saturated rings. The molecule has 0 atom stereocenters. The Morgan fingerprint density at radius 1 is 0.500 bits per heavy atom. The van der Waals surface area contributed by atoms with Gasteiger partial charge in [-0.25, -0.2) is 0 Å². The summed E-state index contributed by atoms with van der Waals surface area (Å²) in [6, 6.07) is 21.0. The van der Waals surface area contributed by atoms with Crippen LogP contribution >= 0.6 is 0 Å². The van der Waals surface area contributed by atoms with E-state index in [4.69, 9.17) is 9.47 Å². The lowest BCUT2D eigenvalue weighted by Crippen LogP contribution is -2.16. The molecule has 0 saturated heterocycles. The van der Waals surface area contributed by atoms with Gasteiger partial charge in [-0.2, -0.15) is 0 Å². The van der Waals surface area contributed by atoms with Crippen LogP contribution in [0.1, 0.15) is 36.8 Å². The van der Waals surface area contributed by atoms with Gasteiger partial charge in [0.1, 0.15) is 0 Å². The molecular formula is C24H36N2O2. The Labute approximate surface area is 170 Å². The molecule has 2 N–H and O–H groups in total. The third kappa shape index (κ3) is 11.9. The number of ether oxygens (including phenoxy) is 2. The molecule has 0 saturated carbocycles. The molecule has 28 heavy (non-hydrogen) atoms. The number of nitrogens with one attached hydrogen (secondary N) is 2. The van der Waals surface area contributed by atoms with E-state index < -0.39 is 0 Å². The van der Waals surface area contributed by atoms with Gasteiger partial charge in [-0.15, -0.1) is 0 Å². The molecule has 0 spiro atoms. The second kappa shape index (κ2) is 16.3. The molecular weight excluding hydrogens is 348 g/mol. The number of hydrogen-bond acceptors (Lipinski definition) is 4. The molecule has 2 aromatic carbocycles. The molecule has 154 valence electrons. The first-order chi connectivity index (χ1) is 13.9. The normalized spacial score (nSPS) is 11.0. The van der Waals surface area contributed by atoms with E-state index >= 15 is 0 Å². The van der Waals surface area contributed by atoms with Gasteiger partial charge in [-0.1, -0.05) is 60.7 Å². The van der Waals surface area contributed by atoms with Gasteiger partial charge in [-0.05, 0) is 49.9 Å². The highest BCUT2D eigenvalue weighted by molar-refractivity contribution is 5.14. The van der Waals surface area contributed by atoms with Gasteiger partial charge >= 0.3 is 0 Å². The maximum Gasteiger partial charge on any atom is 0.0478 e. The van der Waals surface area contributed by atoms with Crippen molar-refractivity contribution in [2.75, 3.05) is 39.5 Å². The average Bonchev–Trinajstić information content (AvgIpc) is 2.75. The summed E-state index contributed by atoms with van der Waals surface area (Å²) in [5.41, 5.74) is 2.66. The lowest BCUT2D eigenvalue weighted by Gasteiger charge is -2.07. The van der Waals surface area contributed by atoms with Crippen LogP contribution in [0.5, 0.6) is 0 Å². The van der Waals surface area contributed by atoms with Gasteiger partial charge in [-0.3, -0.25) is 0 Å². The van der Waals surface area contributed by atoms with Crippen LogP contribution in [0, 0.1) is 0 Å². The molecule has 0 aliphatic heterocycles. The Kier molecular flexibility index (Phi) is 13.1. The standard InChI is InChI=1S/C24H36N2O2/c1-3-11-23(12-4-1)21-25-15-9-19-27-17-7-8-18-28-20-10-16-26-22-24-13-5-2-6-14-24/h1-6,11-14,25-26H,7-10,15-22H2. The summed E-state index contributed by atoms with van der Waals surface area (Å²) in [5.74, 6) is 0. The molecule has 4 nitrogen and oxygen atoms in total. The maximum absolute atomic E-state index is 5.68. The molecule has 0 aromatic heterocycles. The molecule has 4 heteroatoms. The molecule has 0 unspecified atom stereocenters. The van der Waals surface area contributed by atoms with E-state index in [2.05, 4.69) is 59.2 Å². The van der Waals surface area contributed by atoms with Crippen molar-refractivity contribution in [2.24, 2.45) is 0 Å². The smallest absolute Gasteiger partial charge is 0.0478 e. The zero-order valence-electron chi connectivity index (χ0n) is 17.1. The topological polar surface area (TPSA) is 42.5 Å². The highest BCUT2D eigenvalue weighted by Crippen LogP contribution is 1.98. The quantitative estimate of drug-likeness (QED) is 0.402. The maximum atomic E-state index is 5.68. The van der Waals surface area contributed by atoms with Gasteiger partial charge in [0.15, 0.2) is 0 Å². The Morgan fingerprint density at radius 2 is 0.893 bits per heavy atom. The van der Waals surface area contributed by atoms with Crippen LogP contribution in [0.25, 0.3) is 0 Å². The van der Waals surface area contributed by atoms with Crippen LogP contribution in [0.4, 0.5) is 0 Å². The van der Waals surface area contributed by atoms with E-state index in [9.17, 15) is 0 Å². The van der Waals surface area contributed by atoms with Crippen molar-refractivity contribution in [2.45, 2.75) is 38.8 Å². The number of unbranched alkanes of at least 4 members (excludes halogenated alkanes) is 1. The second-order valence-corrected chi connectivity index (χ2v) is 6.96. The van der Waals surface area contributed by atoms with Gasteiger partial charge < -0.3 is 20.1 Å². The van der Waals surface area contributed by atoms with Crippen molar-refractivity contribution >= 4 is 0 Å². The third-order valence-corrected chi connectivity index (χ3v) is 4.46. The predicted molar refractivity (Wildman–Crippen MR) is 116 cm³/mol. The molecule has 2 rings (SSSR count). The minimum absolute atomic E-state index is 0.829. The first-order valence-electron chi connectivity index (χ1n) is 10.6. The fraction of sp³-hybridized carbons (Fsp3) is 0.500. The number of hydrogen-bond donors (Lipinski definition) is 2. The van der Waals surface area contributed by atoms with E-state index in [1.54, 1.807) is 0 Å². The molecule has 0 radical (unpaired) electrons. The minimum Gasteiger partial charge on any atom is -0.381 e. The Bertz CT molecular complexity index is 524. The summed E-state index contributed by atoms with van der Waals surface area (Å²) in [7, 11) is 0. The highest BCUT2D eigenvalue weighted by atomic mass is 16.5. The van der Waals surface area contributed by atoms with Crippen molar-refractivity contribution in [3.63, 3.8) is 0 Å². The lowest BCUT2D eigenvalue weighted by atomic mass is 10.2. The van der Waals surface area contributed by atoms with Gasteiger partial charge in [0.05, 0.1) is 0 Å². The van der Waals surface area contributed by atoms with Crippen molar-refractivity contribution in [3.05, 3.63) is 71.8 Å². The molecule has 0 bridgehead atoms. The Balaban J connectivity index is 1.25. The van der Waals surface area contributed by atoms with Gasteiger partial charge in [0, 0.05) is 39.5 Å². The molecule has 0 aliphatic rings.